The highest BCUT2D eigenvalue weighted by Crippen LogP contribution is 2.39. The summed E-state index contributed by atoms with van der Waals surface area (Å²) in [6, 6.07) is 16.7. The summed E-state index contributed by atoms with van der Waals surface area (Å²) in [5, 5.41) is 15.3. The van der Waals surface area contributed by atoms with E-state index >= 15 is 0 Å². The van der Waals surface area contributed by atoms with E-state index in [1.165, 1.54) is 6.07 Å². The molecule has 4 aromatic rings. The summed E-state index contributed by atoms with van der Waals surface area (Å²) in [7, 11) is 0. The maximum absolute atomic E-state index is 14.8. The number of anilines is 1. The summed E-state index contributed by atoms with van der Waals surface area (Å²) in [6.07, 6.45) is 0. The third-order valence-electron chi connectivity index (χ3n) is 4.79. The monoisotopic (exact) mass is 407 g/mol. The van der Waals surface area contributed by atoms with Crippen LogP contribution in [0, 0.1) is 19.7 Å². The van der Waals surface area contributed by atoms with Crippen LogP contribution in [0.3, 0.4) is 0 Å². The smallest absolute Gasteiger partial charge is 0.147 e. The Morgan fingerprint density at radius 1 is 0.931 bits per heavy atom. The lowest BCUT2D eigenvalue weighted by Crippen LogP contribution is -2.16. The number of phenolic OH excluding ortho intramolecular Hbond substituents is 1. The molecule has 0 spiro atoms. The minimum Gasteiger partial charge on any atom is -0.505 e. The van der Waals surface area contributed by atoms with Gasteiger partial charge < -0.3 is 10.4 Å². The number of hydrogen-bond acceptors (Lipinski definition) is 4. The highest BCUT2D eigenvalue weighted by atomic mass is 35.5. The summed E-state index contributed by atoms with van der Waals surface area (Å²) in [6.45, 7) is 3.72. The molecule has 29 heavy (non-hydrogen) atoms. The fourth-order valence-corrected chi connectivity index (χ4v) is 3.66. The van der Waals surface area contributed by atoms with Crippen molar-refractivity contribution in [3.8, 4) is 5.75 Å². The second-order valence-electron chi connectivity index (χ2n) is 6.90. The van der Waals surface area contributed by atoms with Crippen molar-refractivity contribution in [3.05, 3.63) is 94.0 Å². The molecule has 0 unspecified atom stereocenters. The molecule has 2 aromatic carbocycles. The van der Waals surface area contributed by atoms with E-state index in [2.05, 4.69) is 15.3 Å². The number of fused-ring (bicyclic) bond motifs is 1. The number of halogens is 2. The molecule has 0 amide bonds. The van der Waals surface area contributed by atoms with Crippen LogP contribution in [0.1, 0.15) is 28.6 Å². The summed E-state index contributed by atoms with van der Waals surface area (Å²) in [5.41, 5.74) is 2.75. The molecule has 146 valence electrons. The number of rotatable bonds is 4. The maximum Gasteiger partial charge on any atom is 0.147 e. The van der Waals surface area contributed by atoms with E-state index in [1.54, 1.807) is 24.3 Å². The van der Waals surface area contributed by atoms with Gasteiger partial charge in [-0.3, -0.25) is 0 Å². The second kappa shape index (κ2) is 7.68. The van der Waals surface area contributed by atoms with Gasteiger partial charge in [0.1, 0.15) is 22.9 Å². The van der Waals surface area contributed by atoms with Gasteiger partial charge in [0, 0.05) is 32.9 Å². The predicted octanol–water partition coefficient (Wildman–Crippen LogP) is 5.95. The molecule has 2 aromatic heterocycles. The number of nitrogens with one attached hydrogen (secondary N) is 1. The fraction of sp³-hybridized carbons (Fsp3) is 0.130. The largest absolute Gasteiger partial charge is 0.505 e. The number of aryl methyl sites for hydroxylation is 2. The van der Waals surface area contributed by atoms with Crippen LogP contribution in [0.4, 0.5) is 10.2 Å². The molecular formula is C23H19ClFN3O. The van der Waals surface area contributed by atoms with Crippen LogP contribution < -0.4 is 5.32 Å². The van der Waals surface area contributed by atoms with Gasteiger partial charge in [-0.05, 0) is 44.2 Å². The van der Waals surface area contributed by atoms with Crippen molar-refractivity contribution < 1.29 is 9.50 Å². The van der Waals surface area contributed by atoms with Gasteiger partial charge in [0.25, 0.3) is 0 Å². The third-order valence-corrected chi connectivity index (χ3v) is 5.12. The van der Waals surface area contributed by atoms with E-state index in [-0.39, 0.29) is 16.3 Å². The fourth-order valence-electron chi connectivity index (χ4n) is 3.38. The topological polar surface area (TPSA) is 58.0 Å². The summed E-state index contributed by atoms with van der Waals surface area (Å²) in [4.78, 5) is 8.91. The molecule has 1 atom stereocenters. The Balaban J connectivity index is 1.93. The van der Waals surface area contributed by atoms with Crippen molar-refractivity contribution in [2.45, 2.75) is 19.9 Å². The minimum absolute atomic E-state index is 0.0179. The Kier molecular flexibility index (Phi) is 5.07. The molecule has 0 aliphatic carbocycles. The van der Waals surface area contributed by atoms with Crippen LogP contribution >= 0.6 is 11.6 Å². The van der Waals surface area contributed by atoms with E-state index < -0.39 is 11.9 Å². The van der Waals surface area contributed by atoms with Crippen LogP contribution in [0.15, 0.2) is 60.7 Å². The first kappa shape index (κ1) is 19.2. The van der Waals surface area contributed by atoms with Crippen LogP contribution in [0.25, 0.3) is 10.9 Å². The Hall–Kier alpha value is -3.18. The van der Waals surface area contributed by atoms with Gasteiger partial charge >= 0.3 is 0 Å². The number of nitrogens with zero attached hydrogens (tertiary/aromatic N) is 2. The Morgan fingerprint density at radius 3 is 2.41 bits per heavy atom. The Morgan fingerprint density at radius 2 is 1.66 bits per heavy atom. The first-order valence-corrected chi connectivity index (χ1v) is 9.55. The van der Waals surface area contributed by atoms with Crippen molar-refractivity contribution in [1.29, 1.82) is 0 Å². The van der Waals surface area contributed by atoms with Crippen molar-refractivity contribution in [2.75, 3.05) is 5.32 Å². The second-order valence-corrected chi connectivity index (χ2v) is 7.31. The number of pyridine rings is 2. The molecule has 0 bridgehead atoms. The summed E-state index contributed by atoms with van der Waals surface area (Å²) < 4.78 is 14.8. The van der Waals surface area contributed by atoms with Crippen molar-refractivity contribution in [2.24, 2.45) is 0 Å². The van der Waals surface area contributed by atoms with Gasteiger partial charge in [-0.1, -0.05) is 41.9 Å². The molecule has 2 N–H and O–H groups in total. The number of aromatic nitrogens is 2. The van der Waals surface area contributed by atoms with Gasteiger partial charge in [-0.2, -0.15) is 0 Å². The molecule has 0 fully saturated rings. The Labute approximate surface area is 173 Å². The maximum atomic E-state index is 14.8. The van der Waals surface area contributed by atoms with Gasteiger partial charge in [0.05, 0.1) is 6.04 Å². The number of benzene rings is 2. The molecule has 0 saturated carbocycles. The van der Waals surface area contributed by atoms with E-state index in [0.29, 0.717) is 16.9 Å². The molecule has 6 heteroatoms. The van der Waals surface area contributed by atoms with Gasteiger partial charge in [0.2, 0.25) is 0 Å². The first-order chi connectivity index (χ1) is 13.9. The van der Waals surface area contributed by atoms with Gasteiger partial charge in [-0.25, -0.2) is 14.4 Å². The molecule has 0 aliphatic rings. The van der Waals surface area contributed by atoms with Crippen LogP contribution in [-0.4, -0.2) is 15.1 Å². The number of aromatic hydroxyl groups is 1. The van der Waals surface area contributed by atoms with E-state index in [4.69, 9.17) is 11.6 Å². The highest BCUT2D eigenvalue weighted by Gasteiger charge is 2.25. The van der Waals surface area contributed by atoms with Crippen LogP contribution in [0.5, 0.6) is 5.75 Å². The van der Waals surface area contributed by atoms with E-state index in [9.17, 15) is 9.50 Å². The minimum atomic E-state index is -0.760. The van der Waals surface area contributed by atoms with Gasteiger partial charge in [-0.15, -0.1) is 0 Å². The summed E-state index contributed by atoms with van der Waals surface area (Å²) in [5.74, 6) is 0.0565. The quantitative estimate of drug-likeness (QED) is 0.439. The van der Waals surface area contributed by atoms with Crippen molar-refractivity contribution >= 4 is 28.3 Å². The average Bonchev–Trinajstić information content (AvgIpc) is 2.68. The van der Waals surface area contributed by atoms with E-state index in [0.717, 1.165) is 16.8 Å². The molecule has 4 rings (SSSR count). The lowest BCUT2D eigenvalue weighted by molar-refractivity contribution is 0.470. The molecule has 0 aliphatic heterocycles. The van der Waals surface area contributed by atoms with Crippen molar-refractivity contribution in [3.63, 3.8) is 0 Å². The van der Waals surface area contributed by atoms with E-state index in [1.807, 2.05) is 44.2 Å². The lowest BCUT2D eigenvalue weighted by Gasteiger charge is -2.23. The SMILES string of the molecule is Cc1cccc(N[C@H](c2ccc3ccc(C)nc3c2O)c2c(F)cccc2Cl)n1. The molecule has 0 saturated heterocycles. The Bertz CT molecular complexity index is 1190. The number of hydrogen-bond donors (Lipinski definition) is 2. The third kappa shape index (κ3) is 3.74. The zero-order chi connectivity index (χ0) is 20.5. The molecule has 4 nitrogen and oxygen atoms in total. The first-order valence-electron chi connectivity index (χ1n) is 9.17. The zero-order valence-corrected chi connectivity index (χ0v) is 16.7. The number of phenols is 1. The predicted molar refractivity (Wildman–Crippen MR) is 114 cm³/mol. The summed E-state index contributed by atoms with van der Waals surface area (Å²) >= 11 is 6.37. The lowest BCUT2D eigenvalue weighted by atomic mass is 9.95. The highest BCUT2D eigenvalue weighted by molar-refractivity contribution is 6.31. The molecule has 0 radical (unpaired) electrons. The van der Waals surface area contributed by atoms with Crippen molar-refractivity contribution in [1.82, 2.24) is 9.97 Å². The van der Waals surface area contributed by atoms with Crippen LogP contribution in [-0.2, 0) is 0 Å². The molecular weight excluding hydrogens is 389 g/mol. The van der Waals surface area contributed by atoms with Gasteiger partial charge in [0.15, 0.2) is 0 Å². The standard InChI is InChI=1S/C23H19ClFN3O/c1-13-5-3-8-19(26-13)28-22(20-17(24)6-4-7-18(20)25)16-12-11-15-10-9-14(2)27-21(15)23(16)29/h3-12,22,29H,1-2H3,(H,26,28)/t22-/m1/s1. The van der Waals surface area contributed by atoms with Crippen LogP contribution in [0.2, 0.25) is 5.02 Å². The normalized spacial score (nSPS) is 12.1. The average molecular weight is 408 g/mol. The molecule has 2 heterocycles. The zero-order valence-electron chi connectivity index (χ0n) is 15.9.